The van der Waals surface area contributed by atoms with E-state index in [-0.39, 0.29) is 42.6 Å². The summed E-state index contributed by atoms with van der Waals surface area (Å²) in [6.45, 7) is 0.221. The molecule has 2 aromatic rings. The number of anilines is 1. The molecule has 0 amide bonds. The van der Waals surface area contributed by atoms with Crippen LogP contribution >= 0.6 is 11.6 Å². The van der Waals surface area contributed by atoms with Gasteiger partial charge in [0.1, 0.15) is 10.7 Å². The number of carbonyl (C=O) groups is 1. The molecular formula is C12H14ClGaN2O5S. The van der Waals surface area contributed by atoms with E-state index in [0.717, 1.165) is 6.07 Å². The third-order valence-corrected chi connectivity index (χ3v) is 4.02. The average Bonchev–Trinajstić information content (AvgIpc) is 2.87. The summed E-state index contributed by atoms with van der Waals surface area (Å²) >= 11 is 5.84. The molecular weight excluding hydrogens is 389 g/mol. The molecule has 2 rings (SSSR count). The molecule has 1 aromatic carbocycles. The summed E-state index contributed by atoms with van der Waals surface area (Å²) in [5, 5.41) is 16.8. The first-order valence-corrected chi connectivity index (χ1v) is 7.57. The van der Waals surface area contributed by atoms with Gasteiger partial charge in [0.25, 0.3) is 0 Å². The number of benzene rings is 1. The number of sulfonamides is 1. The number of nitrogens with two attached hydrogens (primary N) is 1. The Bertz CT molecular complexity index is 777. The molecule has 0 spiro atoms. The number of primary sulfonamides is 1. The molecule has 1 aromatic heterocycles. The molecule has 0 atom stereocenters. The van der Waals surface area contributed by atoms with Crippen LogP contribution < -0.4 is 10.5 Å². The van der Waals surface area contributed by atoms with Gasteiger partial charge in [0.2, 0.25) is 10.0 Å². The van der Waals surface area contributed by atoms with Crippen LogP contribution in [0, 0.1) is 0 Å². The second-order valence-corrected chi connectivity index (χ2v) is 6.05. The van der Waals surface area contributed by atoms with Gasteiger partial charge in [-0.05, 0) is 24.3 Å². The topological polar surface area (TPSA) is 123 Å². The fourth-order valence-electron chi connectivity index (χ4n) is 1.69. The van der Waals surface area contributed by atoms with Crippen LogP contribution in [0.3, 0.4) is 0 Å². The minimum atomic E-state index is -4.11. The van der Waals surface area contributed by atoms with Crippen LogP contribution in [0.4, 0.5) is 5.69 Å². The monoisotopic (exact) mass is 402 g/mol. The van der Waals surface area contributed by atoms with Gasteiger partial charge < -0.3 is 14.8 Å². The molecule has 10 heteroatoms. The van der Waals surface area contributed by atoms with Crippen molar-refractivity contribution in [3.63, 3.8) is 0 Å². The van der Waals surface area contributed by atoms with Crippen molar-refractivity contribution in [1.82, 2.24) is 0 Å². The summed E-state index contributed by atoms with van der Waals surface area (Å²) in [6, 6.07) is 5.51. The summed E-state index contributed by atoms with van der Waals surface area (Å²) in [7, 11) is -4.11. The number of furan rings is 1. The molecule has 0 unspecified atom stereocenters. The summed E-state index contributed by atoms with van der Waals surface area (Å²) in [4.78, 5) is 10.8. The number of rotatable bonds is 5. The molecule has 0 aliphatic heterocycles. The first-order chi connectivity index (χ1) is 9.79. The van der Waals surface area contributed by atoms with Crippen molar-refractivity contribution < 1.29 is 22.7 Å². The van der Waals surface area contributed by atoms with E-state index >= 15 is 0 Å². The molecule has 0 saturated carbocycles. The Labute approximate surface area is 144 Å². The van der Waals surface area contributed by atoms with Gasteiger partial charge in [-0.3, -0.25) is 0 Å². The van der Waals surface area contributed by atoms with Crippen molar-refractivity contribution >= 4 is 53.1 Å². The Kier molecular flexibility index (Phi) is 6.14. The summed E-state index contributed by atoms with van der Waals surface area (Å²) < 4.78 is 27.8. The van der Waals surface area contributed by atoms with E-state index in [1.807, 2.05) is 0 Å². The summed E-state index contributed by atoms with van der Waals surface area (Å²) in [6.07, 6.45) is 1.48. The van der Waals surface area contributed by atoms with Crippen LogP contribution in [0.1, 0.15) is 16.1 Å². The standard InChI is InChI=1S/C12H11ClN2O5S.Ga.3H/c13-9-5-10(15-6-7-2-1-3-20-7)8(12(16)17)4-11(9)21(14,18)19;;;;/h1-5,15H,6H2,(H,16,17)(H2,14,18,19);;;;. The van der Waals surface area contributed by atoms with E-state index in [4.69, 9.17) is 26.3 Å². The Morgan fingerprint density at radius 2 is 2.09 bits per heavy atom. The van der Waals surface area contributed by atoms with Crippen LogP contribution in [0.2, 0.25) is 5.02 Å². The third-order valence-electron chi connectivity index (χ3n) is 2.64. The zero-order valence-electron chi connectivity index (χ0n) is 10.5. The number of carboxylic acid groups (broad SMARTS) is 1. The van der Waals surface area contributed by atoms with Gasteiger partial charge in [-0.15, -0.1) is 0 Å². The van der Waals surface area contributed by atoms with Crippen LogP contribution in [0.15, 0.2) is 39.8 Å². The molecule has 0 bridgehead atoms. The van der Waals surface area contributed by atoms with Crippen molar-refractivity contribution in [2.75, 3.05) is 5.32 Å². The molecule has 0 aliphatic carbocycles. The van der Waals surface area contributed by atoms with E-state index in [1.54, 1.807) is 12.1 Å². The number of aromatic carboxylic acids is 1. The molecule has 118 valence electrons. The molecule has 22 heavy (non-hydrogen) atoms. The van der Waals surface area contributed by atoms with Crippen LogP contribution in [0.25, 0.3) is 0 Å². The molecule has 1 heterocycles. The predicted octanol–water partition coefficient (Wildman–Crippen LogP) is 0.707. The molecule has 4 N–H and O–H groups in total. The quantitative estimate of drug-likeness (QED) is 0.632. The fraction of sp³-hybridized carbons (Fsp3) is 0.0833. The second-order valence-electron chi connectivity index (χ2n) is 4.11. The van der Waals surface area contributed by atoms with Crippen molar-refractivity contribution in [3.8, 4) is 0 Å². The van der Waals surface area contributed by atoms with Crippen molar-refractivity contribution in [1.29, 1.82) is 0 Å². The van der Waals surface area contributed by atoms with Gasteiger partial charge >= 0.3 is 25.8 Å². The first-order valence-electron chi connectivity index (χ1n) is 5.65. The number of hydrogen-bond donors (Lipinski definition) is 3. The Morgan fingerprint density at radius 3 is 2.59 bits per heavy atom. The predicted molar refractivity (Wildman–Crippen MR) is 85.8 cm³/mol. The van der Waals surface area contributed by atoms with E-state index in [2.05, 4.69) is 5.32 Å². The number of nitrogens with one attached hydrogen (secondary N) is 1. The van der Waals surface area contributed by atoms with Gasteiger partial charge in [-0.2, -0.15) is 0 Å². The SMILES string of the molecule is NS(=O)(=O)c1cc(C(=O)O)c(NCc2ccco2)cc1Cl.[GaH3]. The summed E-state index contributed by atoms with van der Waals surface area (Å²) in [5.41, 5.74) is -0.0914. The molecule has 7 nitrogen and oxygen atoms in total. The zero-order valence-corrected chi connectivity index (χ0v) is 12.1. The Hall–Kier alpha value is -1.39. The Balaban J connectivity index is 0.00000242. The number of hydrogen-bond acceptors (Lipinski definition) is 5. The van der Waals surface area contributed by atoms with E-state index in [0.29, 0.717) is 5.76 Å². The van der Waals surface area contributed by atoms with E-state index in [9.17, 15) is 13.2 Å². The van der Waals surface area contributed by atoms with Gasteiger partial charge in [0, 0.05) is 0 Å². The van der Waals surface area contributed by atoms with Crippen LogP contribution in [-0.4, -0.2) is 39.3 Å². The number of carboxylic acids is 1. The Morgan fingerprint density at radius 1 is 1.41 bits per heavy atom. The van der Waals surface area contributed by atoms with Gasteiger partial charge in [-0.25, -0.2) is 18.4 Å². The van der Waals surface area contributed by atoms with Crippen LogP contribution in [-0.2, 0) is 16.6 Å². The van der Waals surface area contributed by atoms with Crippen molar-refractivity contribution in [2.45, 2.75) is 11.4 Å². The van der Waals surface area contributed by atoms with Gasteiger partial charge in [0.15, 0.2) is 0 Å². The maximum absolute atomic E-state index is 11.3. The average molecular weight is 403 g/mol. The van der Waals surface area contributed by atoms with Crippen LogP contribution in [0.5, 0.6) is 0 Å². The zero-order chi connectivity index (χ0) is 15.6. The third kappa shape index (κ3) is 4.30. The normalized spacial score (nSPS) is 10.8. The molecule has 0 saturated heterocycles. The second kappa shape index (κ2) is 7.25. The van der Waals surface area contributed by atoms with Gasteiger partial charge in [0.05, 0.1) is 29.1 Å². The van der Waals surface area contributed by atoms with Crippen molar-refractivity contribution in [2.24, 2.45) is 5.14 Å². The van der Waals surface area contributed by atoms with E-state index < -0.39 is 20.9 Å². The first kappa shape index (κ1) is 18.7. The van der Waals surface area contributed by atoms with Crippen molar-refractivity contribution in [3.05, 3.63) is 46.9 Å². The van der Waals surface area contributed by atoms with E-state index in [1.165, 1.54) is 12.3 Å². The number of halogens is 1. The molecule has 0 fully saturated rings. The summed E-state index contributed by atoms with van der Waals surface area (Å²) in [5.74, 6) is -0.725. The molecule has 0 radical (unpaired) electrons. The minimum absolute atomic E-state index is 0. The molecule has 0 aliphatic rings. The fourth-order valence-corrected chi connectivity index (χ4v) is 2.79. The maximum atomic E-state index is 11.3. The van der Waals surface area contributed by atoms with Gasteiger partial charge in [-0.1, -0.05) is 11.6 Å².